The van der Waals surface area contributed by atoms with Crippen molar-refractivity contribution >= 4 is 11.6 Å². The highest BCUT2D eigenvalue weighted by Gasteiger charge is 2.22. The van der Waals surface area contributed by atoms with Gasteiger partial charge in [0.1, 0.15) is 17.9 Å². The summed E-state index contributed by atoms with van der Waals surface area (Å²) >= 11 is 0. The number of hydrogen-bond donors (Lipinski definition) is 1. The van der Waals surface area contributed by atoms with E-state index in [0.717, 1.165) is 6.07 Å². The number of nitro groups is 1. The van der Waals surface area contributed by atoms with Crippen LogP contribution in [0.4, 0.5) is 5.69 Å². The maximum atomic E-state index is 10.7. The zero-order chi connectivity index (χ0) is 10.8. The lowest BCUT2D eigenvalue weighted by Crippen LogP contribution is -2.05. The highest BCUT2D eigenvalue weighted by atomic mass is 16.6. The van der Waals surface area contributed by atoms with E-state index in [9.17, 15) is 10.1 Å². The predicted octanol–water partition coefficient (Wildman–Crippen LogP) is 1.08. The number of phenolic OH excluding ortho intramolecular Hbond substituents is 1. The normalized spacial score (nSPS) is 14.5. The van der Waals surface area contributed by atoms with Crippen LogP contribution in [0.5, 0.6) is 5.75 Å². The van der Waals surface area contributed by atoms with Crippen LogP contribution in [0.25, 0.3) is 0 Å². The summed E-state index contributed by atoms with van der Waals surface area (Å²) in [5.41, 5.74) is 0.103. The Morgan fingerprint density at radius 3 is 2.93 bits per heavy atom. The molecule has 1 aliphatic heterocycles. The molecule has 0 aromatic heterocycles. The van der Waals surface area contributed by atoms with E-state index in [1.165, 1.54) is 12.1 Å². The van der Waals surface area contributed by atoms with Gasteiger partial charge in [-0.25, -0.2) is 4.99 Å². The van der Waals surface area contributed by atoms with Crippen molar-refractivity contribution in [3.8, 4) is 5.75 Å². The molecule has 0 unspecified atom stereocenters. The van der Waals surface area contributed by atoms with E-state index in [4.69, 9.17) is 9.84 Å². The topological polar surface area (TPSA) is 85.0 Å². The second kappa shape index (κ2) is 3.56. The monoisotopic (exact) mass is 208 g/mol. The number of hydrogen-bond acceptors (Lipinski definition) is 5. The van der Waals surface area contributed by atoms with E-state index in [0.29, 0.717) is 18.7 Å². The minimum absolute atomic E-state index is 0.149. The van der Waals surface area contributed by atoms with Gasteiger partial charge in [0.2, 0.25) is 5.90 Å². The van der Waals surface area contributed by atoms with Crippen LogP contribution >= 0.6 is 0 Å². The Hall–Kier alpha value is -2.11. The van der Waals surface area contributed by atoms with Crippen LogP contribution in [0.15, 0.2) is 23.2 Å². The zero-order valence-corrected chi connectivity index (χ0v) is 7.71. The molecule has 2 rings (SSSR count). The quantitative estimate of drug-likeness (QED) is 0.582. The molecule has 0 saturated carbocycles. The van der Waals surface area contributed by atoms with Gasteiger partial charge in [-0.1, -0.05) is 0 Å². The average molecular weight is 208 g/mol. The Balaban J connectivity index is 2.50. The van der Waals surface area contributed by atoms with Gasteiger partial charge in [0.05, 0.1) is 17.5 Å². The van der Waals surface area contributed by atoms with Crippen LogP contribution in [0.2, 0.25) is 0 Å². The zero-order valence-electron chi connectivity index (χ0n) is 7.71. The molecule has 6 nitrogen and oxygen atoms in total. The van der Waals surface area contributed by atoms with E-state index >= 15 is 0 Å². The van der Waals surface area contributed by atoms with E-state index in [1.807, 2.05) is 0 Å². The third kappa shape index (κ3) is 1.74. The largest absolute Gasteiger partial charge is 0.508 e. The van der Waals surface area contributed by atoms with Crippen molar-refractivity contribution in [3.05, 3.63) is 33.9 Å². The van der Waals surface area contributed by atoms with E-state index in [-0.39, 0.29) is 17.3 Å². The molecule has 1 N–H and O–H groups in total. The van der Waals surface area contributed by atoms with Crippen molar-refractivity contribution < 1.29 is 14.8 Å². The van der Waals surface area contributed by atoms with Gasteiger partial charge >= 0.3 is 0 Å². The molecule has 0 atom stereocenters. The fourth-order valence-corrected chi connectivity index (χ4v) is 1.35. The first kappa shape index (κ1) is 9.45. The van der Waals surface area contributed by atoms with Crippen LogP contribution < -0.4 is 0 Å². The van der Waals surface area contributed by atoms with Crippen molar-refractivity contribution in [2.75, 3.05) is 13.2 Å². The molecule has 0 spiro atoms. The minimum Gasteiger partial charge on any atom is -0.508 e. The van der Waals surface area contributed by atoms with Crippen molar-refractivity contribution in [1.29, 1.82) is 0 Å². The molecule has 1 aromatic rings. The van der Waals surface area contributed by atoms with Crippen molar-refractivity contribution in [3.63, 3.8) is 0 Å². The van der Waals surface area contributed by atoms with Gasteiger partial charge in [0.25, 0.3) is 5.69 Å². The van der Waals surface area contributed by atoms with Crippen LogP contribution in [0.1, 0.15) is 5.56 Å². The minimum atomic E-state index is -0.570. The molecule has 15 heavy (non-hydrogen) atoms. The lowest BCUT2D eigenvalue weighted by molar-refractivity contribution is -0.385. The molecular formula is C9H8N2O4. The second-order valence-corrected chi connectivity index (χ2v) is 2.99. The van der Waals surface area contributed by atoms with Crippen molar-refractivity contribution in [2.45, 2.75) is 0 Å². The van der Waals surface area contributed by atoms with Crippen LogP contribution in [0, 0.1) is 10.1 Å². The molecule has 0 aliphatic carbocycles. The van der Waals surface area contributed by atoms with Crippen molar-refractivity contribution in [1.82, 2.24) is 0 Å². The lowest BCUT2D eigenvalue weighted by atomic mass is 10.1. The maximum Gasteiger partial charge on any atom is 0.285 e. The number of nitro benzene ring substituents is 1. The summed E-state index contributed by atoms with van der Waals surface area (Å²) in [7, 11) is 0. The first-order valence-corrected chi connectivity index (χ1v) is 4.33. The summed E-state index contributed by atoms with van der Waals surface area (Å²) < 4.78 is 5.13. The summed E-state index contributed by atoms with van der Waals surface area (Å²) in [6.07, 6.45) is 0. The molecule has 1 aliphatic rings. The highest BCUT2D eigenvalue weighted by molar-refractivity contribution is 5.98. The first-order valence-electron chi connectivity index (χ1n) is 4.33. The van der Waals surface area contributed by atoms with Crippen LogP contribution in [-0.4, -0.2) is 29.1 Å². The predicted molar refractivity (Wildman–Crippen MR) is 52.1 cm³/mol. The third-order valence-electron chi connectivity index (χ3n) is 1.99. The Kier molecular flexibility index (Phi) is 2.24. The Bertz CT molecular complexity index is 442. The van der Waals surface area contributed by atoms with Gasteiger partial charge < -0.3 is 9.84 Å². The van der Waals surface area contributed by atoms with Gasteiger partial charge in [-0.2, -0.15) is 0 Å². The smallest absolute Gasteiger partial charge is 0.285 e. The molecular weight excluding hydrogens is 200 g/mol. The van der Waals surface area contributed by atoms with Gasteiger partial charge in [0.15, 0.2) is 0 Å². The Morgan fingerprint density at radius 1 is 1.53 bits per heavy atom. The molecule has 0 saturated heterocycles. The summed E-state index contributed by atoms with van der Waals surface area (Å²) in [4.78, 5) is 14.1. The fourth-order valence-electron chi connectivity index (χ4n) is 1.35. The molecule has 0 radical (unpaired) electrons. The molecule has 78 valence electrons. The maximum absolute atomic E-state index is 10.7. The molecule has 1 aromatic carbocycles. The van der Waals surface area contributed by atoms with Crippen molar-refractivity contribution in [2.24, 2.45) is 4.99 Å². The number of rotatable bonds is 2. The molecule has 6 heteroatoms. The number of benzene rings is 1. The highest BCUT2D eigenvalue weighted by Crippen LogP contribution is 2.25. The average Bonchev–Trinajstić information content (AvgIpc) is 2.70. The molecule has 0 bridgehead atoms. The fraction of sp³-hybridized carbons (Fsp3) is 0.222. The number of aromatic hydroxyl groups is 1. The summed E-state index contributed by atoms with van der Waals surface area (Å²) in [6, 6.07) is 3.88. The number of aliphatic imine (C=N–C) groups is 1. The SMILES string of the molecule is O=[N+]([O-])c1cc(O)ccc1C1=NCCO1. The number of ether oxygens (including phenoxy) is 1. The number of phenols is 1. The summed E-state index contributed by atoms with van der Waals surface area (Å²) in [5, 5.41) is 19.9. The second-order valence-electron chi connectivity index (χ2n) is 2.99. The van der Waals surface area contributed by atoms with E-state index < -0.39 is 4.92 Å². The Labute approximate surface area is 85.0 Å². The van der Waals surface area contributed by atoms with Gasteiger partial charge in [0, 0.05) is 0 Å². The van der Waals surface area contributed by atoms with E-state index in [1.54, 1.807) is 0 Å². The molecule has 0 amide bonds. The summed E-state index contributed by atoms with van der Waals surface area (Å²) in [5.74, 6) is 0.116. The molecule has 1 heterocycles. The van der Waals surface area contributed by atoms with Gasteiger partial charge in [-0.05, 0) is 12.1 Å². The first-order chi connectivity index (χ1) is 7.18. The summed E-state index contributed by atoms with van der Waals surface area (Å²) in [6.45, 7) is 0.945. The number of nitrogens with zero attached hydrogens (tertiary/aromatic N) is 2. The molecule has 0 fully saturated rings. The third-order valence-corrected chi connectivity index (χ3v) is 1.99. The lowest BCUT2D eigenvalue weighted by Gasteiger charge is -2.02. The van der Waals surface area contributed by atoms with Gasteiger partial charge in [-0.15, -0.1) is 0 Å². The van der Waals surface area contributed by atoms with E-state index in [2.05, 4.69) is 4.99 Å². The Morgan fingerprint density at radius 2 is 2.33 bits per heavy atom. The van der Waals surface area contributed by atoms with Gasteiger partial charge in [-0.3, -0.25) is 10.1 Å². The standard InChI is InChI=1S/C9H8N2O4/c12-6-1-2-7(8(5-6)11(13)14)9-10-3-4-15-9/h1-2,5,12H,3-4H2. The van der Waals surface area contributed by atoms with Crippen LogP contribution in [0.3, 0.4) is 0 Å². The van der Waals surface area contributed by atoms with Crippen LogP contribution in [-0.2, 0) is 4.74 Å².